The number of thioether (sulfide) groups is 1. The number of rotatable bonds is 7. The van der Waals surface area contributed by atoms with Crippen LogP contribution in [-0.4, -0.2) is 44.4 Å². The first-order valence-electron chi connectivity index (χ1n) is 8.63. The number of alkyl halides is 2. The molecule has 0 radical (unpaired) electrons. The molecular weight excluding hydrogens is 376 g/mol. The lowest BCUT2D eigenvalue weighted by Gasteiger charge is -2.29. The van der Waals surface area contributed by atoms with Gasteiger partial charge in [0.05, 0.1) is 4.88 Å². The summed E-state index contributed by atoms with van der Waals surface area (Å²) in [6.45, 7) is 5.62. The first-order chi connectivity index (χ1) is 12.6. The molecule has 1 aliphatic heterocycles. The summed E-state index contributed by atoms with van der Waals surface area (Å²) in [7, 11) is 0. The fourth-order valence-corrected chi connectivity index (χ4v) is 4.40. The number of amides is 1. The molecule has 0 saturated carbocycles. The molecule has 26 heavy (non-hydrogen) atoms. The maximum absolute atomic E-state index is 12.3. The van der Waals surface area contributed by atoms with Crippen molar-refractivity contribution in [3.63, 3.8) is 0 Å². The van der Waals surface area contributed by atoms with Gasteiger partial charge in [0, 0.05) is 10.6 Å². The van der Waals surface area contributed by atoms with E-state index in [0.29, 0.717) is 28.9 Å². The molecule has 0 spiro atoms. The van der Waals surface area contributed by atoms with E-state index in [1.165, 1.54) is 9.78 Å². The van der Waals surface area contributed by atoms with E-state index in [4.69, 9.17) is 0 Å². The highest BCUT2D eigenvalue weighted by Gasteiger charge is 2.25. The lowest BCUT2D eigenvalue weighted by molar-refractivity contribution is -1.01. The molecule has 4 nitrogen and oxygen atoms in total. The summed E-state index contributed by atoms with van der Waals surface area (Å²) in [5, 5.41) is 4.97. The minimum absolute atomic E-state index is 0.0315. The normalized spacial score (nSPS) is 20.3. The summed E-state index contributed by atoms with van der Waals surface area (Å²) in [6.07, 6.45) is 0. The third-order valence-electron chi connectivity index (χ3n) is 4.44. The van der Waals surface area contributed by atoms with Crippen molar-refractivity contribution < 1.29 is 23.4 Å². The topological polar surface area (TPSA) is 38.0 Å². The summed E-state index contributed by atoms with van der Waals surface area (Å²) in [4.78, 5) is 17.0. The molecule has 2 aromatic rings. The smallest absolute Gasteiger partial charge is 0.288 e. The first-order valence-corrected chi connectivity index (χ1v) is 10.4. The minimum Gasteiger partial charge on any atom is -0.321 e. The Bertz CT molecular complexity index is 687. The Morgan fingerprint density at radius 1 is 1.12 bits per heavy atom. The van der Waals surface area contributed by atoms with Crippen LogP contribution in [-0.2, 0) is 11.3 Å². The molecule has 0 unspecified atom stereocenters. The number of carbonyl (C=O) groups is 1. The second-order valence-electron chi connectivity index (χ2n) is 6.38. The molecule has 0 bridgehead atoms. The van der Waals surface area contributed by atoms with E-state index in [2.05, 4.69) is 22.8 Å². The Labute approximate surface area is 160 Å². The van der Waals surface area contributed by atoms with E-state index in [1.54, 1.807) is 40.5 Å². The third kappa shape index (κ3) is 6.05. The average molecular weight is 400 g/mol. The van der Waals surface area contributed by atoms with Crippen LogP contribution < -0.4 is 15.1 Å². The van der Waals surface area contributed by atoms with E-state index in [9.17, 15) is 13.6 Å². The number of quaternary nitrogens is 2. The molecule has 1 amide bonds. The van der Waals surface area contributed by atoms with Crippen molar-refractivity contribution in [3.8, 4) is 0 Å². The summed E-state index contributed by atoms with van der Waals surface area (Å²) in [6, 6.07) is 10.8. The van der Waals surface area contributed by atoms with Gasteiger partial charge in [-0.3, -0.25) is 4.79 Å². The van der Waals surface area contributed by atoms with Crippen molar-refractivity contribution in [1.29, 1.82) is 0 Å². The molecule has 1 fully saturated rings. The molecular formula is C18H23F2N3OS2+2. The van der Waals surface area contributed by atoms with Crippen molar-refractivity contribution in [1.82, 2.24) is 0 Å². The van der Waals surface area contributed by atoms with Crippen molar-refractivity contribution in [2.24, 2.45) is 0 Å². The molecule has 8 heteroatoms. The maximum Gasteiger partial charge on any atom is 0.288 e. The van der Waals surface area contributed by atoms with E-state index in [-0.39, 0.29) is 5.91 Å². The Morgan fingerprint density at radius 2 is 1.81 bits per heavy atom. The van der Waals surface area contributed by atoms with Gasteiger partial charge < -0.3 is 15.1 Å². The highest BCUT2D eigenvalue weighted by Crippen LogP contribution is 2.26. The Hall–Kier alpha value is -1.48. The quantitative estimate of drug-likeness (QED) is 0.608. The molecule has 1 aromatic heterocycles. The van der Waals surface area contributed by atoms with Crippen LogP contribution in [0.3, 0.4) is 0 Å². The van der Waals surface area contributed by atoms with Crippen molar-refractivity contribution in [2.75, 3.05) is 38.0 Å². The van der Waals surface area contributed by atoms with Crippen LogP contribution >= 0.6 is 23.1 Å². The number of benzene rings is 1. The average Bonchev–Trinajstić information content (AvgIpc) is 3.11. The zero-order valence-electron chi connectivity index (χ0n) is 14.3. The molecule has 2 heterocycles. The van der Waals surface area contributed by atoms with Crippen molar-refractivity contribution in [3.05, 3.63) is 46.7 Å². The van der Waals surface area contributed by atoms with E-state index in [0.717, 1.165) is 32.7 Å². The lowest BCUT2D eigenvalue weighted by Crippen LogP contribution is -3.28. The number of thiophene rings is 1. The van der Waals surface area contributed by atoms with Gasteiger partial charge in [-0.1, -0.05) is 17.8 Å². The number of nitrogens with one attached hydrogen (secondary N) is 3. The van der Waals surface area contributed by atoms with Crippen LogP contribution in [0.25, 0.3) is 0 Å². The van der Waals surface area contributed by atoms with Crippen molar-refractivity contribution in [2.45, 2.75) is 17.2 Å². The SMILES string of the molecule is O=C(C[NH+]1CC[NH+](Cc2cccs2)CC1)Nc1ccc(SC(F)F)cc1. The van der Waals surface area contributed by atoms with Gasteiger partial charge in [-0.2, -0.15) is 8.78 Å². The Kier molecular flexibility index (Phi) is 7.01. The maximum atomic E-state index is 12.3. The van der Waals surface area contributed by atoms with Gasteiger partial charge in [-0.05, 0) is 35.7 Å². The predicted octanol–water partition coefficient (Wildman–Crippen LogP) is 0.985. The molecule has 0 atom stereocenters. The van der Waals surface area contributed by atoms with Crippen molar-refractivity contribution >= 4 is 34.7 Å². The van der Waals surface area contributed by atoms with Gasteiger partial charge in [-0.15, -0.1) is 11.3 Å². The molecule has 1 aliphatic rings. The largest absolute Gasteiger partial charge is 0.321 e. The molecule has 1 aromatic carbocycles. The number of carbonyl (C=O) groups excluding carboxylic acids is 1. The summed E-state index contributed by atoms with van der Waals surface area (Å²) < 4.78 is 24.6. The zero-order valence-corrected chi connectivity index (χ0v) is 16.0. The lowest BCUT2D eigenvalue weighted by atomic mass is 10.3. The summed E-state index contributed by atoms with van der Waals surface area (Å²) in [5.74, 6) is -2.46. The van der Waals surface area contributed by atoms with Gasteiger partial charge in [0.2, 0.25) is 0 Å². The number of piperazine rings is 1. The van der Waals surface area contributed by atoms with E-state index < -0.39 is 5.76 Å². The predicted molar refractivity (Wildman–Crippen MR) is 101 cm³/mol. The van der Waals surface area contributed by atoms with Gasteiger partial charge in [0.1, 0.15) is 32.7 Å². The summed E-state index contributed by atoms with van der Waals surface area (Å²) >= 11 is 2.30. The highest BCUT2D eigenvalue weighted by atomic mass is 32.2. The fraction of sp³-hybridized carbons (Fsp3) is 0.389. The number of hydrogen-bond donors (Lipinski definition) is 3. The third-order valence-corrected chi connectivity index (χ3v) is 6.04. The fourth-order valence-electron chi connectivity index (χ4n) is 3.12. The second kappa shape index (κ2) is 9.45. The molecule has 0 aliphatic carbocycles. The monoisotopic (exact) mass is 399 g/mol. The van der Waals surface area contributed by atoms with Crippen LogP contribution in [0, 0.1) is 0 Å². The van der Waals surface area contributed by atoms with E-state index in [1.807, 2.05) is 0 Å². The van der Waals surface area contributed by atoms with Crippen LogP contribution in [0.5, 0.6) is 0 Å². The standard InChI is InChI=1S/C18H21F2N3OS2/c19-18(20)26-15-5-3-14(4-6-15)21-17(24)13-23-9-7-22(8-10-23)12-16-2-1-11-25-16/h1-6,11,18H,7-10,12-13H2,(H,21,24)/p+2. The number of anilines is 1. The minimum atomic E-state index is -2.43. The molecule has 3 N–H and O–H groups in total. The van der Waals surface area contributed by atoms with E-state index >= 15 is 0 Å². The molecule has 3 rings (SSSR count). The van der Waals surface area contributed by atoms with Crippen LogP contribution in [0.1, 0.15) is 4.88 Å². The summed E-state index contributed by atoms with van der Waals surface area (Å²) in [5.41, 5.74) is 0.648. The van der Waals surface area contributed by atoms with Gasteiger partial charge >= 0.3 is 0 Å². The molecule has 140 valence electrons. The Morgan fingerprint density at radius 3 is 2.42 bits per heavy atom. The van der Waals surface area contributed by atoms with Crippen LogP contribution in [0.4, 0.5) is 14.5 Å². The highest BCUT2D eigenvalue weighted by molar-refractivity contribution is 7.99. The van der Waals surface area contributed by atoms with Gasteiger partial charge in [0.25, 0.3) is 11.7 Å². The molecule has 1 saturated heterocycles. The second-order valence-corrected chi connectivity index (χ2v) is 8.48. The van der Waals surface area contributed by atoms with Crippen LogP contribution in [0.15, 0.2) is 46.7 Å². The van der Waals surface area contributed by atoms with Crippen LogP contribution in [0.2, 0.25) is 0 Å². The number of hydrogen-bond acceptors (Lipinski definition) is 3. The zero-order chi connectivity index (χ0) is 18.4. The first kappa shape index (κ1) is 19.3. The number of halogens is 2. The Balaban J connectivity index is 1.40. The van der Waals surface area contributed by atoms with Gasteiger partial charge in [-0.25, -0.2) is 0 Å². The van der Waals surface area contributed by atoms with Gasteiger partial charge in [0.15, 0.2) is 6.54 Å².